The highest BCUT2D eigenvalue weighted by Crippen LogP contribution is 2.15. The Hall–Kier alpha value is -3.07. The Bertz CT molecular complexity index is 996. The third-order valence-electron chi connectivity index (χ3n) is 4.85. The number of likely N-dealkylation sites (tertiary alicyclic amines) is 1. The lowest BCUT2D eigenvalue weighted by molar-refractivity contribution is -0.121. The second-order valence-corrected chi connectivity index (χ2v) is 7.95. The molecule has 1 aliphatic heterocycles. The van der Waals surface area contributed by atoms with Crippen molar-refractivity contribution in [1.82, 2.24) is 25.2 Å². The molecular weight excluding hydrogens is 393 g/mol. The minimum absolute atomic E-state index is 0.00950. The zero-order valence-electron chi connectivity index (χ0n) is 15.6. The number of rotatable bonds is 5. The average Bonchev–Trinajstić information content (AvgIpc) is 3.40. The first-order valence-electron chi connectivity index (χ1n) is 9.38. The lowest BCUT2D eigenvalue weighted by Gasteiger charge is -2.31. The van der Waals surface area contributed by atoms with Crippen LogP contribution < -0.4 is 5.32 Å². The monoisotopic (exact) mass is 413 g/mol. The predicted molar refractivity (Wildman–Crippen MR) is 106 cm³/mol. The van der Waals surface area contributed by atoms with E-state index < -0.39 is 0 Å². The van der Waals surface area contributed by atoms with Gasteiger partial charge in [0.2, 0.25) is 5.91 Å². The van der Waals surface area contributed by atoms with Gasteiger partial charge in [-0.1, -0.05) is 17.3 Å². The van der Waals surface area contributed by atoms with Crippen LogP contribution in [0, 0.1) is 5.82 Å². The van der Waals surface area contributed by atoms with Crippen molar-refractivity contribution < 1.29 is 14.0 Å². The highest BCUT2D eigenvalue weighted by Gasteiger charge is 2.26. The SMILES string of the molecule is O=C(Cc1cccs1)NC1CCN(C(=O)c2cn(-c3cccc(F)c3)nn2)CC1. The van der Waals surface area contributed by atoms with Gasteiger partial charge in [-0.15, -0.1) is 16.4 Å². The summed E-state index contributed by atoms with van der Waals surface area (Å²) < 4.78 is 14.8. The van der Waals surface area contributed by atoms with Gasteiger partial charge in [0, 0.05) is 24.0 Å². The molecule has 1 aromatic carbocycles. The topological polar surface area (TPSA) is 80.1 Å². The maximum atomic E-state index is 13.4. The van der Waals surface area contributed by atoms with Crippen molar-refractivity contribution in [1.29, 1.82) is 0 Å². The average molecular weight is 413 g/mol. The number of piperidine rings is 1. The normalized spacial score (nSPS) is 14.7. The number of hydrogen-bond donors (Lipinski definition) is 1. The summed E-state index contributed by atoms with van der Waals surface area (Å²) >= 11 is 1.57. The van der Waals surface area contributed by atoms with Crippen LogP contribution in [0.1, 0.15) is 28.2 Å². The first-order chi connectivity index (χ1) is 14.1. The van der Waals surface area contributed by atoms with E-state index in [2.05, 4.69) is 15.6 Å². The van der Waals surface area contributed by atoms with Crippen molar-refractivity contribution >= 4 is 23.2 Å². The summed E-state index contributed by atoms with van der Waals surface area (Å²) in [4.78, 5) is 27.6. The lowest BCUT2D eigenvalue weighted by Crippen LogP contribution is -2.47. The van der Waals surface area contributed by atoms with Crippen LogP contribution in [0.4, 0.5) is 4.39 Å². The molecule has 1 fully saturated rings. The molecule has 2 aromatic heterocycles. The number of benzene rings is 1. The zero-order chi connectivity index (χ0) is 20.2. The zero-order valence-corrected chi connectivity index (χ0v) is 16.4. The molecule has 150 valence electrons. The van der Waals surface area contributed by atoms with E-state index in [0.29, 0.717) is 38.0 Å². The van der Waals surface area contributed by atoms with Crippen LogP contribution >= 0.6 is 11.3 Å². The van der Waals surface area contributed by atoms with Gasteiger partial charge in [-0.2, -0.15) is 0 Å². The molecule has 9 heteroatoms. The first-order valence-corrected chi connectivity index (χ1v) is 10.3. The fraction of sp³-hybridized carbons (Fsp3) is 0.300. The summed E-state index contributed by atoms with van der Waals surface area (Å²) in [5.74, 6) is -0.583. The van der Waals surface area contributed by atoms with Gasteiger partial charge in [0.1, 0.15) is 5.82 Å². The molecule has 0 atom stereocenters. The Morgan fingerprint density at radius 1 is 1.21 bits per heavy atom. The molecule has 0 bridgehead atoms. The number of aromatic nitrogens is 3. The molecule has 29 heavy (non-hydrogen) atoms. The van der Waals surface area contributed by atoms with Gasteiger partial charge in [0.05, 0.1) is 18.3 Å². The predicted octanol–water partition coefficient (Wildman–Crippen LogP) is 2.43. The number of hydrogen-bond acceptors (Lipinski definition) is 5. The van der Waals surface area contributed by atoms with Gasteiger partial charge in [-0.25, -0.2) is 9.07 Å². The highest BCUT2D eigenvalue weighted by atomic mass is 32.1. The summed E-state index contributed by atoms with van der Waals surface area (Å²) in [6.45, 7) is 1.07. The van der Waals surface area contributed by atoms with Crippen molar-refractivity contribution in [3.8, 4) is 5.69 Å². The Balaban J connectivity index is 1.30. The second-order valence-electron chi connectivity index (χ2n) is 6.92. The molecule has 0 radical (unpaired) electrons. The Morgan fingerprint density at radius 3 is 2.76 bits per heavy atom. The van der Waals surface area contributed by atoms with Crippen molar-refractivity contribution in [2.75, 3.05) is 13.1 Å². The van der Waals surface area contributed by atoms with Crippen molar-refractivity contribution in [2.45, 2.75) is 25.3 Å². The molecule has 1 aliphatic rings. The van der Waals surface area contributed by atoms with Gasteiger partial charge in [0.15, 0.2) is 5.69 Å². The van der Waals surface area contributed by atoms with Crippen LogP contribution in [0.25, 0.3) is 5.69 Å². The number of amides is 2. The molecule has 4 rings (SSSR count). The summed E-state index contributed by atoms with van der Waals surface area (Å²) in [5, 5.41) is 12.9. The smallest absolute Gasteiger partial charge is 0.276 e. The maximum Gasteiger partial charge on any atom is 0.276 e. The fourth-order valence-electron chi connectivity index (χ4n) is 3.35. The number of carbonyl (C=O) groups is 2. The van der Waals surface area contributed by atoms with Crippen LogP contribution in [0.2, 0.25) is 0 Å². The van der Waals surface area contributed by atoms with E-state index in [4.69, 9.17) is 0 Å². The van der Waals surface area contributed by atoms with Crippen LogP contribution in [0.3, 0.4) is 0 Å². The number of nitrogens with zero attached hydrogens (tertiary/aromatic N) is 4. The van der Waals surface area contributed by atoms with Crippen molar-refractivity contribution in [3.63, 3.8) is 0 Å². The molecule has 1 N–H and O–H groups in total. The molecule has 3 aromatic rings. The second kappa shape index (κ2) is 8.52. The highest BCUT2D eigenvalue weighted by molar-refractivity contribution is 7.10. The quantitative estimate of drug-likeness (QED) is 0.697. The van der Waals surface area contributed by atoms with E-state index in [-0.39, 0.29) is 29.4 Å². The van der Waals surface area contributed by atoms with Crippen molar-refractivity contribution in [2.24, 2.45) is 0 Å². The summed E-state index contributed by atoms with van der Waals surface area (Å²) in [6, 6.07) is 9.88. The number of nitrogens with one attached hydrogen (secondary N) is 1. The summed E-state index contributed by atoms with van der Waals surface area (Å²) in [7, 11) is 0. The molecule has 0 unspecified atom stereocenters. The van der Waals surface area contributed by atoms with E-state index in [0.717, 1.165) is 4.88 Å². The summed E-state index contributed by atoms with van der Waals surface area (Å²) in [5.41, 5.74) is 0.721. The van der Waals surface area contributed by atoms with E-state index in [1.54, 1.807) is 28.4 Å². The van der Waals surface area contributed by atoms with Gasteiger partial charge in [-0.05, 0) is 42.5 Å². The number of halogens is 1. The van der Waals surface area contributed by atoms with Gasteiger partial charge < -0.3 is 10.2 Å². The van der Waals surface area contributed by atoms with E-state index >= 15 is 0 Å². The van der Waals surface area contributed by atoms with Gasteiger partial charge in [-0.3, -0.25) is 9.59 Å². The molecule has 0 saturated carbocycles. The molecule has 2 amide bonds. The minimum Gasteiger partial charge on any atom is -0.353 e. The lowest BCUT2D eigenvalue weighted by atomic mass is 10.0. The van der Waals surface area contributed by atoms with Gasteiger partial charge in [0.25, 0.3) is 5.91 Å². The molecule has 7 nitrogen and oxygen atoms in total. The van der Waals surface area contributed by atoms with Gasteiger partial charge >= 0.3 is 0 Å². The molecular formula is C20H20FN5O2S. The first kappa shape index (κ1) is 19.3. The molecule has 0 aliphatic carbocycles. The summed E-state index contributed by atoms with van der Waals surface area (Å²) in [6.07, 6.45) is 3.28. The number of thiophene rings is 1. The van der Waals surface area contributed by atoms with Crippen LogP contribution in [-0.4, -0.2) is 50.8 Å². The van der Waals surface area contributed by atoms with E-state index in [1.807, 2.05) is 17.5 Å². The van der Waals surface area contributed by atoms with Crippen LogP contribution in [0.15, 0.2) is 48.0 Å². The van der Waals surface area contributed by atoms with E-state index in [9.17, 15) is 14.0 Å². The van der Waals surface area contributed by atoms with E-state index in [1.165, 1.54) is 23.0 Å². The Morgan fingerprint density at radius 2 is 2.03 bits per heavy atom. The molecule has 3 heterocycles. The molecule has 0 spiro atoms. The van der Waals surface area contributed by atoms with Crippen LogP contribution in [-0.2, 0) is 11.2 Å². The Labute approximate surface area is 171 Å². The fourth-order valence-corrected chi connectivity index (χ4v) is 4.05. The number of carbonyl (C=O) groups excluding carboxylic acids is 2. The Kier molecular flexibility index (Phi) is 5.66. The largest absolute Gasteiger partial charge is 0.353 e. The van der Waals surface area contributed by atoms with Crippen molar-refractivity contribution in [3.05, 3.63) is 64.4 Å². The third kappa shape index (κ3) is 4.68. The molecule has 1 saturated heterocycles. The standard InChI is InChI=1S/C20H20FN5O2S/c21-14-3-1-4-16(11-14)26-13-18(23-24-26)20(28)25-8-6-15(7-9-25)22-19(27)12-17-5-2-10-29-17/h1-5,10-11,13,15H,6-9,12H2,(H,22,27). The minimum atomic E-state index is -0.380. The third-order valence-corrected chi connectivity index (χ3v) is 5.72. The maximum absolute atomic E-state index is 13.4. The van der Waals surface area contributed by atoms with Crippen LogP contribution in [0.5, 0.6) is 0 Å².